The van der Waals surface area contributed by atoms with Gasteiger partial charge in [0.05, 0.1) is 19.9 Å². The third-order valence-electron chi connectivity index (χ3n) is 8.12. The first-order valence-corrected chi connectivity index (χ1v) is 15.0. The van der Waals surface area contributed by atoms with E-state index < -0.39 is 6.09 Å². The highest BCUT2D eigenvalue weighted by Gasteiger charge is 2.27. The second-order valence-electron chi connectivity index (χ2n) is 11.1. The Morgan fingerprint density at radius 3 is 2.34 bits per heavy atom. The number of carbonyl (C=O) groups excluding carboxylic acids is 1. The SMILES string of the molecule is CCc1cc(N2CCN(C)CC2)ccc1Cc1nccc(N(C(=O)Oc2c(C)cccc2C)c2ccc(OC)cc2OC)n1. The first kappa shape index (κ1) is 30.8. The fraction of sp³-hybridized carbons (Fsp3) is 0.343. The standard InChI is InChI=1S/C35H41N5O4/c1-7-26-21-28(39-19-17-38(4)18-20-39)12-11-27(26)22-32-36-16-15-33(37-32)40(30-14-13-29(42-5)23-31(30)43-6)35(41)44-34-24(2)9-8-10-25(34)3/h8-16,21,23H,7,17-20,22H2,1-6H3. The van der Waals surface area contributed by atoms with Crippen molar-refractivity contribution < 1.29 is 19.0 Å². The van der Waals surface area contributed by atoms with Crippen molar-refractivity contribution in [3.63, 3.8) is 0 Å². The van der Waals surface area contributed by atoms with Crippen LogP contribution in [0.1, 0.15) is 35.0 Å². The smallest absolute Gasteiger partial charge is 0.425 e. The molecule has 0 atom stereocenters. The van der Waals surface area contributed by atoms with Gasteiger partial charge in [-0.3, -0.25) is 0 Å². The van der Waals surface area contributed by atoms with E-state index in [1.807, 2.05) is 32.0 Å². The first-order chi connectivity index (χ1) is 21.3. The number of carbonyl (C=O) groups is 1. The summed E-state index contributed by atoms with van der Waals surface area (Å²) < 4.78 is 17.1. The summed E-state index contributed by atoms with van der Waals surface area (Å²) in [6.07, 6.45) is 2.49. The van der Waals surface area contributed by atoms with Crippen LogP contribution in [0.2, 0.25) is 0 Å². The molecule has 1 aliphatic heterocycles. The molecule has 1 fully saturated rings. The summed E-state index contributed by atoms with van der Waals surface area (Å²) in [5, 5.41) is 0. The summed E-state index contributed by atoms with van der Waals surface area (Å²) in [6, 6.07) is 19.4. The quantitative estimate of drug-likeness (QED) is 0.221. The number of methoxy groups -OCH3 is 2. The van der Waals surface area contributed by atoms with Crippen LogP contribution in [0.25, 0.3) is 0 Å². The summed E-state index contributed by atoms with van der Waals surface area (Å²) in [7, 11) is 5.30. The summed E-state index contributed by atoms with van der Waals surface area (Å²) in [5.41, 5.74) is 5.86. The number of piperazine rings is 1. The molecule has 1 amide bonds. The summed E-state index contributed by atoms with van der Waals surface area (Å²) in [6.45, 7) is 10.2. The summed E-state index contributed by atoms with van der Waals surface area (Å²) in [5.74, 6) is 2.53. The van der Waals surface area contributed by atoms with E-state index in [1.165, 1.54) is 16.2 Å². The predicted molar refractivity (Wildman–Crippen MR) is 174 cm³/mol. The minimum atomic E-state index is -0.610. The second-order valence-corrected chi connectivity index (χ2v) is 11.1. The van der Waals surface area contributed by atoms with E-state index in [2.05, 4.69) is 47.0 Å². The van der Waals surface area contributed by atoms with Crippen LogP contribution < -0.4 is 24.0 Å². The third kappa shape index (κ3) is 6.78. The first-order valence-electron chi connectivity index (χ1n) is 15.0. The normalized spacial score (nSPS) is 13.5. The van der Waals surface area contributed by atoms with Crippen molar-refractivity contribution in [2.24, 2.45) is 0 Å². The molecule has 3 aromatic carbocycles. The molecule has 0 saturated carbocycles. The molecule has 1 saturated heterocycles. The molecule has 9 heteroatoms. The van der Waals surface area contributed by atoms with Crippen molar-refractivity contribution in [1.29, 1.82) is 0 Å². The predicted octanol–water partition coefficient (Wildman–Crippen LogP) is 6.35. The van der Waals surface area contributed by atoms with Gasteiger partial charge in [-0.25, -0.2) is 19.7 Å². The second kappa shape index (κ2) is 13.8. The monoisotopic (exact) mass is 595 g/mol. The lowest BCUT2D eigenvalue weighted by Crippen LogP contribution is -2.44. The largest absolute Gasteiger partial charge is 0.497 e. The maximum atomic E-state index is 14.0. The van der Waals surface area contributed by atoms with Crippen molar-refractivity contribution in [2.75, 3.05) is 57.2 Å². The van der Waals surface area contributed by atoms with Crippen LogP contribution in [-0.4, -0.2) is 68.4 Å². The number of aryl methyl sites for hydroxylation is 3. The number of para-hydroxylation sites is 1. The van der Waals surface area contributed by atoms with Crippen LogP contribution in [0, 0.1) is 13.8 Å². The van der Waals surface area contributed by atoms with Crippen molar-refractivity contribution in [3.8, 4) is 17.2 Å². The van der Waals surface area contributed by atoms with Gasteiger partial charge in [0.15, 0.2) is 0 Å². The van der Waals surface area contributed by atoms with Crippen molar-refractivity contribution in [3.05, 3.63) is 94.9 Å². The van der Waals surface area contributed by atoms with Crippen LogP contribution in [0.4, 0.5) is 22.0 Å². The van der Waals surface area contributed by atoms with Crippen molar-refractivity contribution in [2.45, 2.75) is 33.6 Å². The number of amides is 1. The Bertz CT molecular complexity index is 1600. The van der Waals surface area contributed by atoms with Gasteiger partial charge in [0, 0.05) is 50.6 Å². The zero-order chi connectivity index (χ0) is 31.2. The van der Waals surface area contributed by atoms with E-state index in [-0.39, 0.29) is 0 Å². The van der Waals surface area contributed by atoms with E-state index >= 15 is 0 Å². The van der Waals surface area contributed by atoms with Crippen molar-refractivity contribution >= 4 is 23.3 Å². The fourth-order valence-corrected chi connectivity index (χ4v) is 5.52. The molecule has 230 valence electrons. The number of likely N-dealkylation sites (N-methyl/N-ethyl adjacent to an activating group) is 1. The lowest BCUT2D eigenvalue weighted by Gasteiger charge is -2.34. The molecule has 5 rings (SSSR count). The van der Waals surface area contributed by atoms with E-state index in [4.69, 9.17) is 19.2 Å². The highest BCUT2D eigenvalue weighted by molar-refractivity contribution is 5.98. The van der Waals surface area contributed by atoms with Gasteiger partial charge in [0.1, 0.15) is 28.9 Å². The maximum absolute atomic E-state index is 14.0. The van der Waals surface area contributed by atoms with E-state index in [0.717, 1.165) is 49.3 Å². The van der Waals surface area contributed by atoms with E-state index in [9.17, 15) is 4.79 Å². The van der Waals surface area contributed by atoms with E-state index in [1.54, 1.807) is 44.7 Å². The number of rotatable bonds is 9. The van der Waals surface area contributed by atoms with Gasteiger partial charge in [-0.1, -0.05) is 31.2 Å². The Labute approximate surface area is 260 Å². The topological polar surface area (TPSA) is 80.3 Å². The molecule has 0 bridgehead atoms. The minimum Gasteiger partial charge on any atom is -0.497 e. The zero-order valence-electron chi connectivity index (χ0n) is 26.5. The average Bonchev–Trinajstić information content (AvgIpc) is 3.04. The molecule has 0 aliphatic carbocycles. The Kier molecular flexibility index (Phi) is 9.65. The number of ether oxygens (including phenoxy) is 3. The molecule has 1 aliphatic rings. The summed E-state index contributed by atoms with van der Waals surface area (Å²) >= 11 is 0. The number of aromatic nitrogens is 2. The Hall–Kier alpha value is -4.63. The van der Waals surface area contributed by atoms with Gasteiger partial charge in [0.25, 0.3) is 0 Å². The number of hydrogen-bond acceptors (Lipinski definition) is 8. The highest BCUT2D eigenvalue weighted by atomic mass is 16.6. The maximum Gasteiger partial charge on any atom is 0.425 e. The minimum absolute atomic E-state index is 0.377. The Balaban J connectivity index is 1.49. The molecule has 0 radical (unpaired) electrons. The molecule has 1 aromatic heterocycles. The molecular weight excluding hydrogens is 554 g/mol. The van der Waals surface area contributed by atoms with Crippen LogP contribution in [0.5, 0.6) is 17.2 Å². The fourth-order valence-electron chi connectivity index (χ4n) is 5.52. The molecule has 44 heavy (non-hydrogen) atoms. The highest BCUT2D eigenvalue weighted by Crippen LogP contribution is 2.37. The van der Waals surface area contributed by atoms with Crippen LogP contribution in [0.15, 0.2) is 66.9 Å². The number of anilines is 3. The average molecular weight is 596 g/mol. The van der Waals surface area contributed by atoms with Crippen molar-refractivity contribution in [1.82, 2.24) is 14.9 Å². The Morgan fingerprint density at radius 1 is 0.909 bits per heavy atom. The number of nitrogens with zero attached hydrogens (tertiary/aromatic N) is 5. The van der Waals surface area contributed by atoms with Gasteiger partial charge in [-0.15, -0.1) is 0 Å². The molecule has 9 nitrogen and oxygen atoms in total. The van der Waals surface area contributed by atoms with Gasteiger partial charge < -0.3 is 24.0 Å². The zero-order valence-corrected chi connectivity index (χ0v) is 26.5. The Morgan fingerprint density at radius 2 is 1.66 bits per heavy atom. The molecule has 2 heterocycles. The number of benzene rings is 3. The van der Waals surface area contributed by atoms with Gasteiger partial charge in [0.2, 0.25) is 0 Å². The van der Waals surface area contributed by atoms with Gasteiger partial charge in [-0.2, -0.15) is 0 Å². The summed E-state index contributed by atoms with van der Waals surface area (Å²) in [4.78, 5) is 29.7. The third-order valence-corrected chi connectivity index (χ3v) is 8.12. The molecule has 0 unspecified atom stereocenters. The van der Waals surface area contributed by atoms with Gasteiger partial charge >= 0.3 is 6.09 Å². The van der Waals surface area contributed by atoms with Crippen LogP contribution >= 0.6 is 0 Å². The lowest BCUT2D eigenvalue weighted by atomic mass is 10.0. The molecular formula is C35H41N5O4. The van der Waals surface area contributed by atoms with Crippen LogP contribution in [0.3, 0.4) is 0 Å². The van der Waals surface area contributed by atoms with E-state index in [0.29, 0.717) is 41.0 Å². The molecule has 0 N–H and O–H groups in total. The lowest BCUT2D eigenvalue weighted by molar-refractivity contribution is 0.209. The van der Waals surface area contributed by atoms with Crippen LogP contribution in [-0.2, 0) is 12.8 Å². The molecule has 4 aromatic rings. The molecule has 0 spiro atoms. The number of hydrogen-bond donors (Lipinski definition) is 0. The van der Waals surface area contributed by atoms with Gasteiger partial charge in [-0.05, 0) is 79.9 Å².